The van der Waals surface area contributed by atoms with Crippen LogP contribution in [0.1, 0.15) is 46.0 Å². The summed E-state index contributed by atoms with van der Waals surface area (Å²) in [5.74, 6) is -4.83. The molecule has 0 radical (unpaired) electrons. The van der Waals surface area contributed by atoms with Crippen LogP contribution < -0.4 is 33.2 Å². The zero-order chi connectivity index (χ0) is 25.7. The first kappa shape index (κ1) is 30.2. The first-order chi connectivity index (χ1) is 15.3. The standard InChI is InChI=1S/C19H36N6O8/c1-9(26)14(22)18(31)24-11(5-3-4-8-20)16(29)23-12(6-7-13(21)28)17(30)25-15(10(2)27)19(32)33/h9-12,14-15,26-27H,3-8,20,22H2,1-2H3,(H2,21,28)(H,23,29)(H,24,31)(H,25,30)(H,32,33). The van der Waals surface area contributed by atoms with Crippen molar-refractivity contribution < 1.29 is 39.3 Å². The molecule has 0 fully saturated rings. The molecule has 0 aliphatic heterocycles. The van der Waals surface area contributed by atoms with Crippen LogP contribution in [0.25, 0.3) is 0 Å². The molecule has 6 unspecified atom stereocenters. The third kappa shape index (κ3) is 11.6. The number of rotatable bonds is 16. The van der Waals surface area contributed by atoms with E-state index in [4.69, 9.17) is 22.3 Å². The predicted molar refractivity (Wildman–Crippen MR) is 116 cm³/mol. The topological polar surface area (TPSA) is 260 Å². The number of unbranched alkanes of at least 4 members (excludes halogenated alkanes) is 1. The summed E-state index contributed by atoms with van der Waals surface area (Å²) in [6, 6.07) is -5.49. The maximum absolute atomic E-state index is 12.9. The number of hydrogen-bond donors (Lipinski definition) is 9. The van der Waals surface area contributed by atoms with Gasteiger partial charge in [0.1, 0.15) is 18.1 Å². The normalized spacial score (nSPS) is 16.4. The van der Waals surface area contributed by atoms with Crippen molar-refractivity contribution in [3.63, 3.8) is 0 Å². The maximum Gasteiger partial charge on any atom is 0.328 e. The van der Waals surface area contributed by atoms with Crippen LogP contribution >= 0.6 is 0 Å². The zero-order valence-electron chi connectivity index (χ0n) is 18.8. The molecule has 0 bridgehead atoms. The lowest BCUT2D eigenvalue weighted by Crippen LogP contribution is -2.59. The maximum atomic E-state index is 12.9. The highest BCUT2D eigenvalue weighted by Gasteiger charge is 2.32. The van der Waals surface area contributed by atoms with Gasteiger partial charge in [-0.2, -0.15) is 0 Å². The number of nitrogens with two attached hydrogens (primary N) is 3. The number of aliphatic carboxylic acids is 1. The molecule has 0 saturated carbocycles. The van der Waals surface area contributed by atoms with E-state index < -0.39 is 66.0 Å². The van der Waals surface area contributed by atoms with Gasteiger partial charge in [-0.05, 0) is 46.1 Å². The van der Waals surface area contributed by atoms with Gasteiger partial charge in [0.25, 0.3) is 0 Å². The van der Waals surface area contributed by atoms with Crippen molar-refractivity contribution >= 4 is 29.6 Å². The van der Waals surface area contributed by atoms with E-state index in [2.05, 4.69) is 16.0 Å². The van der Waals surface area contributed by atoms with Crippen LogP contribution in [-0.4, -0.2) is 87.8 Å². The Labute approximate surface area is 191 Å². The Morgan fingerprint density at radius 3 is 1.79 bits per heavy atom. The van der Waals surface area contributed by atoms with Crippen LogP contribution in [0, 0.1) is 0 Å². The Hall–Kier alpha value is -2.81. The Kier molecular flexibility index (Phi) is 13.8. The van der Waals surface area contributed by atoms with Gasteiger partial charge in [0.2, 0.25) is 23.6 Å². The van der Waals surface area contributed by atoms with E-state index in [9.17, 15) is 34.2 Å². The number of carboxylic acid groups (broad SMARTS) is 1. The minimum atomic E-state index is -1.66. The lowest BCUT2D eigenvalue weighted by molar-refractivity contribution is -0.145. The number of hydrogen-bond acceptors (Lipinski definition) is 9. The van der Waals surface area contributed by atoms with Crippen molar-refractivity contribution in [1.82, 2.24) is 16.0 Å². The Balaban J connectivity index is 5.57. The lowest BCUT2D eigenvalue weighted by Gasteiger charge is -2.26. The number of carbonyl (C=O) groups is 5. The van der Waals surface area contributed by atoms with E-state index in [1.54, 1.807) is 0 Å². The van der Waals surface area contributed by atoms with Crippen LogP contribution in [0.3, 0.4) is 0 Å². The number of primary amides is 1. The molecular weight excluding hydrogens is 440 g/mol. The molecule has 0 aromatic rings. The van der Waals surface area contributed by atoms with Gasteiger partial charge in [-0.15, -0.1) is 0 Å². The molecule has 0 saturated heterocycles. The second kappa shape index (κ2) is 15.1. The van der Waals surface area contributed by atoms with Crippen LogP contribution in [0.15, 0.2) is 0 Å². The Morgan fingerprint density at radius 2 is 1.33 bits per heavy atom. The molecule has 0 aromatic heterocycles. The van der Waals surface area contributed by atoms with Crippen LogP contribution in [0.4, 0.5) is 0 Å². The lowest BCUT2D eigenvalue weighted by atomic mass is 10.0. The molecule has 12 N–H and O–H groups in total. The van der Waals surface area contributed by atoms with Gasteiger partial charge in [0, 0.05) is 6.42 Å². The predicted octanol–water partition coefficient (Wildman–Crippen LogP) is -3.99. The molecule has 33 heavy (non-hydrogen) atoms. The Morgan fingerprint density at radius 1 is 0.818 bits per heavy atom. The Bertz CT molecular complexity index is 687. The third-order valence-corrected chi connectivity index (χ3v) is 4.76. The fraction of sp³-hybridized carbons (Fsp3) is 0.737. The van der Waals surface area contributed by atoms with E-state index in [0.717, 1.165) is 6.92 Å². The molecule has 0 aromatic carbocycles. The number of carbonyl (C=O) groups excluding carboxylic acids is 4. The fourth-order valence-electron chi connectivity index (χ4n) is 2.72. The summed E-state index contributed by atoms with van der Waals surface area (Å²) in [6.07, 6.45) is -2.05. The summed E-state index contributed by atoms with van der Waals surface area (Å²) < 4.78 is 0. The summed E-state index contributed by atoms with van der Waals surface area (Å²) in [5.41, 5.74) is 16.2. The molecule has 0 spiro atoms. The van der Waals surface area contributed by atoms with E-state index in [0.29, 0.717) is 19.4 Å². The molecule has 0 aliphatic carbocycles. The first-order valence-electron chi connectivity index (χ1n) is 10.6. The molecule has 0 rings (SSSR count). The molecule has 4 amide bonds. The molecule has 0 heterocycles. The number of carboxylic acids is 1. The van der Waals surface area contributed by atoms with Crippen LogP contribution in [0.2, 0.25) is 0 Å². The van der Waals surface area contributed by atoms with Gasteiger partial charge in [-0.3, -0.25) is 19.2 Å². The van der Waals surface area contributed by atoms with Gasteiger partial charge in [0.05, 0.1) is 12.2 Å². The van der Waals surface area contributed by atoms with Gasteiger partial charge in [0.15, 0.2) is 6.04 Å². The minimum Gasteiger partial charge on any atom is -0.480 e. The van der Waals surface area contributed by atoms with Crippen molar-refractivity contribution in [2.24, 2.45) is 17.2 Å². The molecule has 14 heteroatoms. The molecular formula is C19H36N6O8. The molecule has 0 aliphatic rings. The van der Waals surface area contributed by atoms with Crippen molar-refractivity contribution in [2.45, 2.75) is 82.3 Å². The number of aliphatic hydroxyl groups is 2. The summed E-state index contributed by atoms with van der Waals surface area (Å²) in [4.78, 5) is 60.1. The van der Waals surface area contributed by atoms with Gasteiger partial charge < -0.3 is 48.5 Å². The summed E-state index contributed by atoms with van der Waals surface area (Å²) in [5, 5.41) is 35.1. The summed E-state index contributed by atoms with van der Waals surface area (Å²) in [7, 11) is 0. The summed E-state index contributed by atoms with van der Waals surface area (Å²) in [6.45, 7) is 2.80. The molecule has 190 valence electrons. The smallest absolute Gasteiger partial charge is 0.328 e. The number of nitrogens with one attached hydrogen (secondary N) is 3. The second-order valence-corrected chi connectivity index (χ2v) is 7.74. The van der Waals surface area contributed by atoms with Gasteiger partial charge in [-0.1, -0.05) is 0 Å². The first-order valence-corrected chi connectivity index (χ1v) is 10.6. The molecule has 14 nitrogen and oxygen atoms in total. The number of amides is 4. The highest BCUT2D eigenvalue weighted by molar-refractivity contribution is 5.94. The fourth-order valence-corrected chi connectivity index (χ4v) is 2.72. The highest BCUT2D eigenvalue weighted by atomic mass is 16.4. The average molecular weight is 477 g/mol. The average Bonchev–Trinajstić information content (AvgIpc) is 2.72. The van der Waals surface area contributed by atoms with Gasteiger partial charge >= 0.3 is 5.97 Å². The van der Waals surface area contributed by atoms with E-state index in [1.807, 2.05) is 0 Å². The van der Waals surface area contributed by atoms with E-state index >= 15 is 0 Å². The zero-order valence-corrected chi connectivity index (χ0v) is 18.8. The van der Waals surface area contributed by atoms with E-state index in [1.165, 1.54) is 6.92 Å². The van der Waals surface area contributed by atoms with Crippen LogP contribution in [-0.2, 0) is 24.0 Å². The third-order valence-electron chi connectivity index (χ3n) is 4.76. The monoisotopic (exact) mass is 476 g/mol. The van der Waals surface area contributed by atoms with E-state index in [-0.39, 0.29) is 19.3 Å². The highest BCUT2D eigenvalue weighted by Crippen LogP contribution is 2.06. The van der Waals surface area contributed by atoms with Crippen molar-refractivity contribution in [3.05, 3.63) is 0 Å². The molecule has 6 atom stereocenters. The van der Waals surface area contributed by atoms with Gasteiger partial charge in [-0.25, -0.2) is 4.79 Å². The number of aliphatic hydroxyl groups excluding tert-OH is 2. The summed E-state index contributed by atoms with van der Waals surface area (Å²) >= 11 is 0. The van der Waals surface area contributed by atoms with Crippen molar-refractivity contribution in [1.29, 1.82) is 0 Å². The quantitative estimate of drug-likeness (QED) is 0.0975. The second-order valence-electron chi connectivity index (χ2n) is 7.74. The van der Waals surface area contributed by atoms with Crippen molar-refractivity contribution in [3.8, 4) is 0 Å². The SMILES string of the molecule is CC(O)C(N)C(=O)NC(CCCCN)C(=O)NC(CCC(N)=O)C(=O)NC(C(=O)O)C(C)O. The van der Waals surface area contributed by atoms with Crippen LogP contribution in [0.5, 0.6) is 0 Å². The van der Waals surface area contributed by atoms with Crippen molar-refractivity contribution in [2.75, 3.05) is 6.54 Å². The minimum absolute atomic E-state index is 0.136. The largest absolute Gasteiger partial charge is 0.480 e.